The van der Waals surface area contributed by atoms with E-state index in [0.29, 0.717) is 31.6 Å². The number of aliphatic hydroxyl groups excluding tert-OH is 1. The summed E-state index contributed by atoms with van der Waals surface area (Å²) in [7, 11) is -9.91. The lowest BCUT2D eigenvalue weighted by Crippen LogP contribution is -2.30. The second-order valence-electron chi connectivity index (χ2n) is 25.9. The highest BCUT2D eigenvalue weighted by Gasteiger charge is 2.30. The molecule has 0 saturated heterocycles. The number of hydrogen-bond acceptors (Lipinski definition) is 15. The fraction of sp³-hybridized carbons (Fsp3) is 0.887. The average Bonchev–Trinajstić information content (AvgIpc) is 3.55. The second-order valence-corrected chi connectivity index (χ2v) is 28.8. The number of ether oxygens (including phenoxy) is 4. The predicted molar refractivity (Wildman–Crippen MR) is 363 cm³/mol. The van der Waals surface area contributed by atoms with E-state index < -0.39 is 97.5 Å². The molecular weight excluding hydrogens is 1190 g/mol. The first-order valence-electron chi connectivity index (χ1n) is 36.3. The normalized spacial score (nSPS) is 14.3. The number of hydrogen-bond donors (Lipinski definition) is 3. The summed E-state index contributed by atoms with van der Waals surface area (Å²) in [4.78, 5) is 72.4. The van der Waals surface area contributed by atoms with Gasteiger partial charge < -0.3 is 33.8 Å². The first kappa shape index (κ1) is 87.5. The molecule has 0 aliphatic carbocycles. The van der Waals surface area contributed by atoms with Crippen LogP contribution in [0, 0.1) is 11.8 Å². The van der Waals surface area contributed by atoms with E-state index in [2.05, 4.69) is 65.8 Å². The van der Waals surface area contributed by atoms with E-state index in [1.54, 1.807) is 0 Å². The number of phosphoric ester groups is 2. The van der Waals surface area contributed by atoms with Crippen LogP contribution in [0.3, 0.4) is 0 Å². The minimum absolute atomic E-state index is 0.0996. The summed E-state index contributed by atoms with van der Waals surface area (Å²) in [5.41, 5.74) is 0. The standard InChI is InChI=1S/C71H134O17P2/c1-7-9-11-13-15-17-18-19-21-25-28-31-35-42-48-54-69(74)82-59-66(87-70(75)55-49-43-36-32-29-26-23-20-22-24-27-30-33-39-45-51-63(3)4)61-85-89(77,78)83-57-65(72)58-84-90(79,80)86-62-67(60-81-68(73)53-47-41-34-16-14-12-10-8-2)88-71(76)56-50-44-38-37-40-46-52-64(5)6/h17-19,21,63-67,72H,7-16,20,22-62H2,1-6H3,(H,77,78)(H,79,80)/b18-17-,21-19-/t65-,66-,67-/m1/s1. The quantitative estimate of drug-likeness (QED) is 0.0169. The SMILES string of the molecule is CCCCCC/C=C\C=C/CCCCCCCC(=O)OC[C@H](COP(=O)(O)OC[C@@H](O)COP(=O)(O)OC[C@@H](COC(=O)CCCCCCCCCC)OC(=O)CCCCCCCCC(C)C)OC(=O)CCCCCCCCCCCCCCCCCC(C)C. The van der Waals surface area contributed by atoms with Crippen molar-refractivity contribution in [2.75, 3.05) is 39.6 Å². The topological polar surface area (TPSA) is 237 Å². The molecule has 2 unspecified atom stereocenters. The summed E-state index contributed by atoms with van der Waals surface area (Å²) in [5.74, 6) is -0.692. The van der Waals surface area contributed by atoms with Gasteiger partial charge in [-0.05, 0) is 63.2 Å². The van der Waals surface area contributed by atoms with Crippen molar-refractivity contribution in [2.45, 2.75) is 355 Å². The molecule has 0 aliphatic heterocycles. The van der Waals surface area contributed by atoms with Gasteiger partial charge in [-0.3, -0.25) is 37.3 Å². The molecule has 0 aliphatic rings. The summed E-state index contributed by atoms with van der Waals surface area (Å²) < 4.78 is 68.1. The summed E-state index contributed by atoms with van der Waals surface area (Å²) in [6, 6.07) is 0. The Morgan fingerprint density at radius 2 is 0.600 bits per heavy atom. The van der Waals surface area contributed by atoms with Crippen molar-refractivity contribution >= 4 is 39.5 Å². The molecular formula is C71H134O17P2. The Kier molecular flexibility index (Phi) is 60.9. The number of unbranched alkanes of at least 4 members (excludes halogenated alkanes) is 35. The Bertz CT molecular complexity index is 1850. The van der Waals surface area contributed by atoms with Crippen molar-refractivity contribution in [3.8, 4) is 0 Å². The molecule has 0 aromatic rings. The van der Waals surface area contributed by atoms with Crippen molar-refractivity contribution in [3.63, 3.8) is 0 Å². The lowest BCUT2D eigenvalue weighted by molar-refractivity contribution is -0.161. The number of esters is 4. The maximum atomic E-state index is 13.0. The number of carbonyl (C=O) groups is 4. The zero-order valence-corrected chi connectivity index (χ0v) is 59.7. The maximum Gasteiger partial charge on any atom is 0.472 e. The van der Waals surface area contributed by atoms with Crippen molar-refractivity contribution in [1.82, 2.24) is 0 Å². The van der Waals surface area contributed by atoms with E-state index >= 15 is 0 Å². The second kappa shape index (κ2) is 62.6. The van der Waals surface area contributed by atoms with Crippen LogP contribution in [-0.4, -0.2) is 96.7 Å². The maximum absolute atomic E-state index is 13.0. The zero-order chi connectivity index (χ0) is 66.5. The van der Waals surface area contributed by atoms with Crippen LogP contribution in [0.5, 0.6) is 0 Å². The van der Waals surface area contributed by atoms with Gasteiger partial charge in [0.2, 0.25) is 0 Å². The zero-order valence-electron chi connectivity index (χ0n) is 57.9. The average molecular weight is 1320 g/mol. The molecule has 17 nitrogen and oxygen atoms in total. The fourth-order valence-corrected chi connectivity index (χ4v) is 11.8. The van der Waals surface area contributed by atoms with Gasteiger partial charge in [-0.15, -0.1) is 0 Å². The minimum atomic E-state index is -4.96. The van der Waals surface area contributed by atoms with E-state index in [1.807, 2.05) is 0 Å². The predicted octanol–water partition coefficient (Wildman–Crippen LogP) is 19.9. The summed E-state index contributed by atoms with van der Waals surface area (Å²) in [5, 5.41) is 10.6. The molecule has 0 rings (SSSR count). The number of rotatable bonds is 68. The Hall–Kier alpha value is -2.46. The number of aliphatic hydroxyl groups is 1. The van der Waals surface area contributed by atoms with Gasteiger partial charge in [0, 0.05) is 25.7 Å². The van der Waals surface area contributed by atoms with Crippen molar-refractivity contribution in [2.24, 2.45) is 11.8 Å². The Morgan fingerprint density at radius 3 is 0.911 bits per heavy atom. The van der Waals surface area contributed by atoms with Crippen molar-refractivity contribution in [1.29, 1.82) is 0 Å². The molecule has 0 aromatic carbocycles. The van der Waals surface area contributed by atoms with E-state index in [-0.39, 0.29) is 25.7 Å². The molecule has 0 bridgehead atoms. The highest BCUT2D eigenvalue weighted by molar-refractivity contribution is 7.47. The van der Waals surface area contributed by atoms with Crippen LogP contribution in [0.2, 0.25) is 0 Å². The molecule has 530 valence electrons. The van der Waals surface area contributed by atoms with E-state index in [4.69, 9.17) is 37.0 Å². The molecule has 0 radical (unpaired) electrons. The highest BCUT2D eigenvalue weighted by Crippen LogP contribution is 2.45. The molecule has 0 spiro atoms. The molecule has 90 heavy (non-hydrogen) atoms. The first-order valence-corrected chi connectivity index (χ1v) is 39.3. The molecule has 19 heteroatoms. The first-order chi connectivity index (χ1) is 43.4. The Labute approximate surface area is 548 Å². The van der Waals surface area contributed by atoms with Crippen LogP contribution in [0.25, 0.3) is 0 Å². The van der Waals surface area contributed by atoms with Gasteiger partial charge in [0.25, 0.3) is 0 Å². The summed E-state index contributed by atoms with van der Waals surface area (Å²) in [6.07, 6.45) is 51.1. The smallest absolute Gasteiger partial charge is 0.462 e. The van der Waals surface area contributed by atoms with E-state index in [0.717, 1.165) is 121 Å². The molecule has 0 heterocycles. The Morgan fingerprint density at radius 1 is 0.344 bits per heavy atom. The number of carbonyl (C=O) groups excluding carboxylic acids is 4. The minimum Gasteiger partial charge on any atom is -0.462 e. The third-order valence-electron chi connectivity index (χ3n) is 15.8. The third-order valence-corrected chi connectivity index (χ3v) is 17.7. The lowest BCUT2D eigenvalue weighted by Gasteiger charge is -2.21. The monoisotopic (exact) mass is 1320 g/mol. The van der Waals surface area contributed by atoms with Crippen LogP contribution in [0.1, 0.15) is 337 Å². The third kappa shape index (κ3) is 64.3. The van der Waals surface area contributed by atoms with Gasteiger partial charge in [-0.1, -0.05) is 284 Å². The van der Waals surface area contributed by atoms with Crippen LogP contribution in [0.15, 0.2) is 24.3 Å². The number of phosphoric acid groups is 2. The fourth-order valence-electron chi connectivity index (χ4n) is 10.2. The van der Waals surface area contributed by atoms with Crippen LogP contribution >= 0.6 is 15.6 Å². The molecule has 0 amide bonds. The van der Waals surface area contributed by atoms with Gasteiger partial charge in [-0.25, -0.2) is 9.13 Å². The van der Waals surface area contributed by atoms with Gasteiger partial charge in [0.05, 0.1) is 26.4 Å². The molecule has 0 saturated carbocycles. The van der Waals surface area contributed by atoms with Gasteiger partial charge in [-0.2, -0.15) is 0 Å². The molecule has 0 fully saturated rings. The number of allylic oxidation sites excluding steroid dienone is 4. The van der Waals surface area contributed by atoms with Crippen molar-refractivity contribution < 1.29 is 80.2 Å². The lowest BCUT2D eigenvalue weighted by atomic mass is 10.0. The van der Waals surface area contributed by atoms with Gasteiger partial charge in [0.15, 0.2) is 12.2 Å². The van der Waals surface area contributed by atoms with Crippen molar-refractivity contribution in [3.05, 3.63) is 24.3 Å². The summed E-state index contributed by atoms with van der Waals surface area (Å²) in [6.45, 7) is 9.39. The van der Waals surface area contributed by atoms with Gasteiger partial charge in [0.1, 0.15) is 19.3 Å². The summed E-state index contributed by atoms with van der Waals surface area (Å²) >= 11 is 0. The van der Waals surface area contributed by atoms with E-state index in [1.165, 1.54) is 128 Å². The molecule has 0 aromatic heterocycles. The Balaban J connectivity index is 5.23. The largest absolute Gasteiger partial charge is 0.472 e. The van der Waals surface area contributed by atoms with Crippen LogP contribution in [0.4, 0.5) is 0 Å². The van der Waals surface area contributed by atoms with Gasteiger partial charge >= 0.3 is 39.5 Å². The van der Waals surface area contributed by atoms with Crippen LogP contribution in [-0.2, 0) is 65.4 Å². The molecule has 3 N–H and O–H groups in total. The molecule has 5 atom stereocenters. The van der Waals surface area contributed by atoms with E-state index in [9.17, 15) is 43.2 Å². The van der Waals surface area contributed by atoms with Crippen LogP contribution < -0.4 is 0 Å². The highest BCUT2D eigenvalue weighted by atomic mass is 31.2.